The number of carbonyl (C=O) groups excluding carboxylic acids is 1. The Bertz CT molecular complexity index is 913. The van der Waals surface area contributed by atoms with Gasteiger partial charge in [0.2, 0.25) is 0 Å². The van der Waals surface area contributed by atoms with Gasteiger partial charge in [-0.3, -0.25) is 4.79 Å². The summed E-state index contributed by atoms with van der Waals surface area (Å²) in [6.45, 7) is 1.35. The van der Waals surface area contributed by atoms with Crippen LogP contribution in [0.1, 0.15) is 27.9 Å². The molecule has 0 radical (unpaired) electrons. The third-order valence-electron chi connectivity index (χ3n) is 4.69. The Morgan fingerprint density at radius 1 is 0.966 bits per heavy atom. The van der Waals surface area contributed by atoms with Crippen LogP contribution in [0.2, 0.25) is 0 Å². The SMILES string of the molecule is COc1ccccc1CCNc1cc(C(=O)NCCCc2ccccc2)ccn1. The Kier molecular flexibility index (Phi) is 7.63. The summed E-state index contributed by atoms with van der Waals surface area (Å²) in [5.74, 6) is 1.50. The molecule has 0 atom stereocenters. The number of nitrogens with one attached hydrogen (secondary N) is 2. The molecule has 150 valence electrons. The molecule has 3 aromatic rings. The minimum absolute atomic E-state index is 0.0757. The summed E-state index contributed by atoms with van der Waals surface area (Å²) in [4.78, 5) is 16.7. The molecule has 0 saturated carbocycles. The van der Waals surface area contributed by atoms with Crippen LogP contribution >= 0.6 is 0 Å². The summed E-state index contributed by atoms with van der Waals surface area (Å²) >= 11 is 0. The number of nitrogens with zero attached hydrogens (tertiary/aromatic N) is 1. The molecule has 0 fully saturated rings. The highest BCUT2D eigenvalue weighted by Crippen LogP contribution is 2.18. The van der Waals surface area contributed by atoms with E-state index in [2.05, 4.69) is 27.8 Å². The molecule has 0 spiro atoms. The van der Waals surface area contributed by atoms with Gasteiger partial charge in [0.1, 0.15) is 11.6 Å². The molecule has 0 unspecified atom stereocenters. The number of ether oxygens (including phenoxy) is 1. The third kappa shape index (κ3) is 6.35. The highest BCUT2D eigenvalue weighted by molar-refractivity contribution is 5.94. The molecule has 2 N–H and O–H groups in total. The molecule has 0 bridgehead atoms. The van der Waals surface area contributed by atoms with Crippen molar-refractivity contribution < 1.29 is 9.53 Å². The van der Waals surface area contributed by atoms with Crippen molar-refractivity contribution in [2.24, 2.45) is 0 Å². The predicted molar refractivity (Wildman–Crippen MR) is 117 cm³/mol. The average Bonchev–Trinajstić information content (AvgIpc) is 2.78. The van der Waals surface area contributed by atoms with E-state index in [4.69, 9.17) is 4.74 Å². The topological polar surface area (TPSA) is 63.2 Å². The van der Waals surface area contributed by atoms with E-state index in [0.717, 1.165) is 30.6 Å². The van der Waals surface area contributed by atoms with E-state index in [9.17, 15) is 4.79 Å². The molecule has 0 aliphatic heterocycles. The van der Waals surface area contributed by atoms with Gasteiger partial charge in [-0.15, -0.1) is 0 Å². The van der Waals surface area contributed by atoms with E-state index < -0.39 is 0 Å². The Labute approximate surface area is 172 Å². The lowest BCUT2D eigenvalue weighted by molar-refractivity contribution is 0.0953. The number of amides is 1. The number of carbonyl (C=O) groups is 1. The second-order valence-electron chi connectivity index (χ2n) is 6.76. The second-order valence-corrected chi connectivity index (χ2v) is 6.76. The van der Waals surface area contributed by atoms with Gasteiger partial charge >= 0.3 is 0 Å². The highest BCUT2D eigenvalue weighted by Gasteiger charge is 2.07. The minimum Gasteiger partial charge on any atom is -0.496 e. The second kappa shape index (κ2) is 10.9. The fourth-order valence-electron chi connectivity index (χ4n) is 3.14. The van der Waals surface area contributed by atoms with Gasteiger partial charge in [0.05, 0.1) is 7.11 Å². The van der Waals surface area contributed by atoms with E-state index in [1.54, 1.807) is 25.4 Å². The Morgan fingerprint density at radius 3 is 2.59 bits per heavy atom. The number of anilines is 1. The Balaban J connectivity index is 1.45. The van der Waals surface area contributed by atoms with Crippen molar-refractivity contribution in [1.29, 1.82) is 0 Å². The summed E-state index contributed by atoms with van der Waals surface area (Å²) in [7, 11) is 1.68. The summed E-state index contributed by atoms with van der Waals surface area (Å²) < 4.78 is 5.38. The predicted octanol–water partition coefficient (Wildman–Crippen LogP) is 4.11. The van der Waals surface area contributed by atoms with Crippen LogP contribution in [0.15, 0.2) is 72.9 Å². The van der Waals surface area contributed by atoms with Crippen LogP contribution in [0.5, 0.6) is 5.75 Å². The maximum atomic E-state index is 12.4. The summed E-state index contributed by atoms with van der Waals surface area (Å²) in [5.41, 5.74) is 3.03. The van der Waals surface area contributed by atoms with Crippen LogP contribution in [0.3, 0.4) is 0 Å². The van der Waals surface area contributed by atoms with Crippen molar-refractivity contribution >= 4 is 11.7 Å². The number of aryl methyl sites for hydroxylation is 1. The third-order valence-corrected chi connectivity index (χ3v) is 4.69. The number of rotatable bonds is 10. The number of para-hydroxylation sites is 1. The first-order valence-electron chi connectivity index (χ1n) is 9.90. The minimum atomic E-state index is -0.0757. The fourth-order valence-corrected chi connectivity index (χ4v) is 3.14. The standard InChI is InChI=1S/C24H27N3O2/c1-29-22-12-6-5-11-20(22)13-16-25-23-18-21(14-17-26-23)24(28)27-15-7-10-19-8-3-2-4-9-19/h2-6,8-9,11-12,14,17-18H,7,10,13,15-16H2,1H3,(H,25,26)(H,27,28). The highest BCUT2D eigenvalue weighted by atomic mass is 16.5. The van der Waals surface area contributed by atoms with Crippen molar-refractivity contribution in [3.8, 4) is 5.75 Å². The zero-order valence-electron chi connectivity index (χ0n) is 16.7. The van der Waals surface area contributed by atoms with Crippen molar-refractivity contribution in [2.75, 3.05) is 25.5 Å². The Morgan fingerprint density at radius 2 is 1.76 bits per heavy atom. The average molecular weight is 389 g/mol. The van der Waals surface area contributed by atoms with E-state index in [0.29, 0.717) is 24.5 Å². The van der Waals surface area contributed by atoms with Crippen molar-refractivity contribution in [3.05, 3.63) is 89.6 Å². The van der Waals surface area contributed by atoms with Gasteiger partial charge in [0.25, 0.3) is 5.91 Å². The van der Waals surface area contributed by atoms with Crippen LogP contribution in [-0.4, -0.2) is 31.1 Å². The molecule has 29 heavy (non-hydrogen) atoms. The number of methoxy groups -OCH3 is 1. The maximum absolute atomic E-state index is 12.4. The quantitative estimate of drug-likeness (QED) is 0.512. The fraction of sp³-hybridized carbons (Fsp3) is 0.250. The zero-order chi connectivity index (χ0) is 20.3. The largest absolute Gasteiger partial charge is 0.496 e. The number of hydrogen-bond donors (Lipinski definition) is 2. The van der Waals surface area contributed by atoms with Gasteiger partial charge in [-0.1, -0.05) is 48.5 Å². The van der Waals surface area contributed by atoms with Crippen molar-refractivity contribution in [2.45, 2.75) is 19.3 Å². The van der Waals surface area contributed by atoms with Crippen LogP contribution in [0.4, 0.5) is 5.82 Å². The smallest absolute Gasteiger partial charge is 0.251 e. The van der Waals surface area contributed by atoms with E-state index in [-0.39, 0.29) is 5.91 Å². The van der Waals surface area contributed by atoms with Gasteiger partial charge in [-0.05, 0) is 48.6 Å². The molecule has 5 nitrogen and oxygen atoms in total. The molecule has 1 amide bonds. The summed E-state index contributed by atoms with van der Waals surface area (Å²) in [5, 5.41) is 6.26. The molecular weight excluding hydrogens is 362 g/mol. The molecule has 0 aliphatic carbocycles. The lowest BCUT2D eigenvalue weighted by Crippen LogP contribution is -2.25. The van der Waals surface area contributed by atoms with Crippen LogP contribution in [-0.2, 0) is 12.8 Å². The van der Waals surface area contributed by atoms with Crippen molar-refractivity contribution in [3.63, 3.8) is 0 Å². The molecular formula is C24H27N3O2. The summed E-state index contributed by atoms with van der Waals surface area (Å²) in [6, 6.07) is 21.8. The normalized spacial score (nSPS) is 10.4. The molecule has 1 heterocycles. The van der Waals surface area contributed by atoms with Crippen molar-refractivity contribution in [1.82, 2.24) is 10.3 Å². The maximum Gasteiger partial charge on any atom is 0.251 e. The van der Waals surface area contributed by atoms with Gasteiger partial charge in [0, 0.05) is 24.8 Å². The molecule has 0 aliphatic rings. The van der Waals surface area contributed by atoms with Crippen LogP contribution < -0.4 is 15.4 Å². The first-order chi connectivity index (χ1) is 14.3. The molecule has 5 heteroatoms. The van der Waals surface area contributed by atoms with Gasteiger partial charge in [0.15, 0.2) is 0 Å². The zero-order valence-corrected chi connectivity index (χ0v) is 16.7. The monoisotopic (exact) mass is 389 g/mol. The molecule has 3 rings (SSSR count). The summed E-state index contributed by atoms with van der Waals surface area (Å²) in [6.07, 6.45) is 4.32. The first kappa shape index (κ1) is 20.4. The number of benzene rings is 2. The number of pyridine rings is 1. The molecule has 1 aromatic heterocycles. The number of aromatic nitrogens is 1. The van der Waals surface area contributed by atoms with Crippen LogP contribution in [0.25, 0.3) is 0 Å². The Hall–Kier alpha value is -3.34. The van der Waals surface area contributed by atoms with Crippen LogP contribution in [0, 0.1) is 0 Å². The van der Waals surface area contributed by atoms with Gasteiger partial charge < -0.3 is 15.4 Å². The van der Waals surface area contributed by atoms with E-state index in [1.807, 2.05) is 42.5 Å². The molecule has 2 aromatic carbocycles. The van der Waals surface area contributed by atoms with Gasteiger partial charge in [-0.2, -0.15) is 0 Å². The lowest BCUT2D eigenvalue weighted by Gasteiger charge is -2.10. The van der Waals surface area contributed by atoms with E-state index >= 15 is 0 Å². The van der Waals surface area contributed by atoms with Gasteiger partial charge in [-0.25, -0.2) is 4.98 Å². The molecule has 0 saturated heterocycles. The number of hydrogen-bond acceptors (Lipinski definition) is 4. The lowest BCUT2D eigenvalue weighted by atomic mass is 10.1. The van der Waals surface area contributed by atoms with E-state index in [1.165, 1.54) is 5.56 Å². The first-order valence-corrected chi connectivity index (χ1v) is 9.90.